The van der Waals surface area contributed by atoms with Gasteiger partial charge >= 0.3 is 0 Å². The number of anilines is 1. The number of nitrogens with two attached hydrogens (primary N) is 1. The molecule has 0 aliphatic heterocycles. The minimum absolute atomic E-state index is 0.171. The Balaban J connectivity index is 3.32. The molecule has 86 valence electrons. The lowest BCUT2D eigenvalue weighted by molar-refractivity contribution is 1.14. The van der Waals surface area contributed by atoms with E-state index >= 15 is 0 Å². The second-order valence-corrected chi connectivity index (χ2v) is 3.98. The number of benzene rings is 1. The van der Waals surface area contributed by atoms with Gasteiger partial charge in [0.15, 0.2) is 11.1 Å². The summed E-state index contributed by atoms with van der Waals surface area (Å²) < 4.78 is 0. The smallest absolute Gasteiger partial charge is 0.199 e. The molecular weight excluding hydrogens is 244 g/mol. The van der Waals surface area contributed by atoms with Crippen molar-refractivity contribution in [1.82, 2.24) is 5.32 Å². The van der Waals surface area contributed by atoms with Crippen molar-refractivity contribution in [3.05, 3.63) is 28.8 Å². The minimum atomic E-state index is -0.171. The van der Waals surface area contributed by atoms with Crippen LogP contribution in [0.3, 0.4) is 0 Å². The molecule has 0 fully saturated rings. The zero-order chi connectivity index (χ0) is 12.3. The third-order valence-electron chi connectivity index (χ3n) is 2.07. The minimum Gasteiger partial charge on any atom is -0.369 e. The number of hydrogen-bond donors (Lipinski definition) is 3. The molecule has 0 aliphatic rings. The van der Waals surface area contributed by atoms with E-state index in [4.69, 9.17) is 35.0 Å². The maximum absolute atomic E-state index is 7.53. The van der Waals surface area contributed by atoms with Gasteiger partial charge in [0, 0.05) is 7.05 Å². The summed E-state index contributed by atoms with van der Waals surface area (Å²) in [4.78, 5) is 1.40. The fourth-order valence-corrected chi connectivity index (χ4v) is 1.85. The van der Waals surface area contributed by atoms with Crippen LogP contribution in [-0.4, -0.2) is 18.1 Å². The van der Waals surface area contributed by atoms with Crippen molar-refractivity contribution in [1.29, 1.82) is 5.41 Å². The normalized spacial score (nSPS) is 9.69. The number of hydrogen-bond acceptors (Lipinski definition) is 2. The highest BCUT2D eigenvalue weighted by Crippen LogP contribution is 2.29. The highest BCUT2D eigenvalue weighted by Gasteiger charge is 2.18. The van der Waals surface area contributed by atoms with Crippen molar-refractivity contribution in [2.75, 3.05) is 11.9 Å². The molecule has 0 bridgehead atoms. The molecule has 4 N–H and O–H groups in total. The summed E-state index contributed by atoms with van der Waals surface area (Å²) in [5.74, 6) is -0.171. The van der Waals surface area contributed by atoms with Gasteiger partial charge < -0.3 is 11.1 Å². The van der Waals surface area contributed by atoms with E-state index < -0.39 is 0 Å². The van der Waals surface area contributed by atoms with Gasteiger partial charge in [0.2, 0.25) is 0 Å². The third kappa shape index (κ3) is 2.43. The lowest BCUT2D eigenvalue weighted by Crippen LogP contribution is -2.46. The van der Waals surface area contributed by atoms with Gasteiger partial charge in [-0.1, -0.05) is 23.7 Å². The van der Waals surface area contributed by atoms with Gasteiger partial charge in [-0.25, -0.2) is 0 Å². The molecule has 0 aliphatic carbocycles. The maximum atomic E-state index is 7.53. The van der Waals surface area contributed by atoms with Crippen LogP contribution >= 0.6 is 23.8 Å². The number of nitrogens with one attached hydrogen (secondary N) is 2. The zero-order valence-electron chi connectivity index (χ0n) is 9.04. The fourth-order valence-electron chi connectivity index (χ4n) is 1.35. The second kappa shape index (κ2) is 5.14. The predicted octanol–water partition coefficient (Wildman–Crippen LogP) is 1.85. The molecule has 0 unspecified atom stereocenters. The molecule has 0 saturated carbocycles. The molecule has 0 radical (unpaired) electrons. The van der Waals surface area contributed by atoms with Crippen molar-refractivity contribution in [2.24, 2.45) is 5.73 Å². The standard InChI is InChI=1S/C10H13ClN4S/c1-6-4-3-5-7(11)8(6)15(9(12)13)10(16)14-2/h3-5H,1-2H3,(H3,12,13)(H,14,16). The Bertz CT molecular complexity index is 413. The maximum Gasteiger partial charge on any atom is 0.199 e. The number of guanidine groups is 1. The van der Waals surface area contributed by atoms with Gasteiger partial charge in [-0.05, 0) is 30.8 Å². The van der Waals surface area contributed by atoms with Gasteiger partial charge in [0.25, 0.3) is 0 Å². The lowest BCUT2D eigenvalue weighted by Gasteiger charge is -2.25. The van der Waals surface area contributed by atoms with Crippen LogP contribution < -0.4 is 16.0 Å². The Morgan fingerprint density at radius 3 is 2.62 bits per heavy atom. The first-order valence-electron chi connectivity index (χ1n) is 4.60. The van der Waals surface area contributed by atoms with Crippen LogP contribution in [0.1, 0.15) is 5.56 Å². The van der Waals surface area contributed by atoms with E-state index in [1.54, 1.807) is 13.1 Å². The molecule has 1 rings (SSSR count). The number of rotatable bonds is 1. The van der Waals surface area contributed by atoms with E-state index in [0.29, 0.717) is 15.8 Å². The highest BCUT2D eigenvalue weighted by molar-refractivity contribution is 7.80. The average Bonchev–Trinajstić information content (AvgIpc) is 2.22. The van der Waals surface area contributed by atoms with Gasteiger partial charge in [0.05, 0.1) is 10.7 Å². The Labute approximate surface area is 105 Å². The van der Waals surface area contributed by atoms with E-state index in [0.717, 1.165) is 5.56 Å². The largest absolute Gasteiger partial charge is 0.369 e. The summed E-state index contributed by atoms with van der Waals surface area (Å²) in [5.41, 5.74) is 7.04. The van der Waals surface area contributed by atoms with Gasteiger partial charge in [0.1, 0.15) is 0 Å². The molecule has 1 aromatic carbocycles. The molecule has 0 amide bonds. The lowest BCUT2D eigenvalue weighted by atomic mass is 10.2. The molecule has 16 heavy (non-hydrogen) atoms. The van der Waals surface area contributed by atoms with E-state index in [-0.39, 0.29) is 5.96 Å². The van der Waals surface area contributed by atoms with Crippen molar-refractivity contribution < 1.29 is 0 Å². The van der Waals surface area contributed by atoms with Crippen LogP contribution in [0.25, 0.3) is 0 Å². The number of aryl methyl sites for hydroxylation is 1. The zero-order valence-corrected chi connectivity index (χ0v) is 10.6. The van der Waals surface area contributed by atoms with Crippen molar-refractivity contribution in [3.8, 4) is 0 Å². The highest BCUT2D eigenvalue weighted by atomic mass is 35.5. The van der Waals surface area contributed by atoms with E-state index in [2.05, 4.69) is 5.32 Å². The summed E-state index contributed by atoms with van der Waals surface area (Å²) in [6, 6.07) is 5.45. The van der Waals surface area contributed by atoms with Crippen LogP contribution in [0.5, 0.6) is 0 Å². The molecule has 0 atom stereocenters. The van der Waals surface area contributed by atoms with Crippen LogP contribution in [0.15, 0.2) is 18.2 Å². The predicted molar refractivity (Wildman–Crippen MR) is 72.2 cm³/mol. The molecule has 0 saturated heterocycles. The van der Waals surface area contributed by atoms with Crippen molar-refractivity contribution >= 4 is 40.6 Å². The molecule has 6 heteroatoms. The summed E-state index contributed by atoms with van der Waals surface area (Å²) in [6.45, 7) is 1.88. The Morgan fingerprint density at radius 2 is 2.19 bits per heavy atom. The molecule has 1 aromatic rings. The van der Waals surface area contributed by atoms with Gasteiger partial charge in [-0.2, -0.15) is 0 Å². The topological polar surface area (TPSA) is 65.1 Å². The molecule has 0 spiro atoms. The molecular formula is C10H13ClN4S. The first kappa shape index (κ1) is 12.7. The van der Waals surface area contributed by atoms with E-state index in [1.165, 1.54) is 4.90 Å². The van der Waals surface area contributed by atoms with Crippen molar-refractivity contribution in [2.45, 2.75) is 6.92 Å². The number of thiocarbonyl (C=S) groups is 1. The Hall–Kier alpha value is -1.33. The van der Waals surface area contributed by atoms with Crippen molar-refractivity contribution in [3.63, 3.8) is 0 Å². The molecule has 4 nitrogen and oxygen atoms in total. The van der Waals surface area contributed by atoms with Crippen LogP contribution in [0.4, 0.5) is 5.69 Å². The SMILES string of the molecule is CNC(=S)N(C(=N)N)c1c(C)cccc1Cl. The number of nitrogens with zero attached hydrogens (tertiary/aromatic N) is 1. The molecule has 0 heterocycles. The average molecular weight is 257 g/mol. The first-order valence-corrected chi connectivity index (χ1v) is 5.38. The number of para-hydroxylation sites is 1. The first-order chi connectivity index (χ1) is 7.49. The van der Waals surface area contributed by atoms with Crippen LogP contribution in [0, 0.1) is 12.3 Å². The summed E-state index contributed by atoms with van der Waals surface area (Å²) >= 11 is 11.2. The third-order valence-corrected chi connectivity index (χ3v) is 2.76. The summed E-state index contributed by atoms with van der Waals surface area (Å²) in [5, 5.41) is 11.2. The fraction of sp³-hybridized carbons (Fsp3) is 0.200. The van der Waals surface area contributed by atoms with Gasteiger partial charge in [-0.3, -0.25) is 10.3 Å². The second-order valence-electron chi connectivity index (χ2n) is 3.18. The van der Waals surface area contributed by atoms with E-state index in [1.807, 2.05) is 19.1 Å². The van der Waals surface area contributed by atoms with E-state index in [9.17, 15) is 0 Å². The number of halogens is 1. The quantitative estimate of drug-likeness (QED) is 0.408. The Morgan fingerprint density at radius 1 is 1.56 bits per heavy atom. The summed E-state index contributed by atoms with van der Waals surface area (Å²) in [7, 11) is 1.67. The van der Waals surface area contributed by atoms with Gasteiger partial charge in [-0.15, -0.1) is 0 Å². The summed E-state index contributed by atoms with van der Waals surface area (Å²) in [6.07, 6.45) is 0. The Kier molecular flexibility index (Phi) is 4.09. The van der Waals surface area contributed by atoms with Crippen LogP contribution in [-0.2, 0) is 0 Å². The van der Waals surface area contributed by atoms with Crippen LogP contribution in [0.2, 0.25) is 5.02 Å². The monoisotopic (exact) mass is 256 g/mol. The molecule has 0 aromatic heterocycles.